The number of nitrogens with one attached hydrogen (secondary N) is 1. The van der Waals surface area contributed by atoms with Crippen LogP contribution in [0.4, 0.5) is 0 Å². The van der Waals surface area contributed by atoms with Gasteiger partial charge in [0.15, 0.2) is 0 Å². The van der Waals surface area contributed by atoms with Gasteiger partial charge in [0.25, 0.3) is 0 Å². The first-order valence-corrected chi connectivity index (χ1v) is 8.80. The first-order chi connectivity index (χ1) is 10.0. The Morgan fingerprint density at radius 2 is 2.19 bits per heavy atom. The number of hydrogen-bond donors (Lipinski definition) is 2. The topological polar surface area (TPSA) is 75.6 Å². The average molecular weight is 313 g/mol. The summed E-state index contributed by atoms with van der Waals surface area (Å²) in [5.74, 6) is 1.05. The molecule has 0 aliphatic heterocycles. The number of ether oxygens (including phenoxy) is 1. The zero-order chi connectivity index (χ0) is 15.5. The van der Waals surface area contributed by atoms with Crippen LogP contribution in [0.15, 0.2) is 23.1 Å². The molecule has 1 fully saturated rings. The van der Waals surface area contributed by atoms with Gasteiger partial charge in [-0.3, -0.25) is 0 Å². The summed E-state index contributed by atoms with van der Waals surface area (Å²) in [6.45, 7) is 2.00. The molecule has 0 saturated heterocycles. The number of aliphatic hydroxyl groups excluding tert-OH is 1. The Morgan fingerprint density at radius 1 is 1.43 bits per heavy atom. The molecule has 21 heavy (non-hydrogen) atoms. The lowest BCUT2D eigenvalue weighted by atomic mass is 10.1. The number of hydrogen-bond acceptors (Lipinski definition) is 4. The van der Waals surface area contributed by atoms with Crippen LogP contribution >= 0.6 is 0 Å². The van der Waals surface area contributed by atoms with Crippen LogP contribution in [0, 0.1) is 5.92 Å². The maximum absolute atomic E-state index is 12.5. The summed E-state index contributed by atoms with van der Waals surface area (Å²) in [4.78, 5) is 0.236. The minimum atomic E-state index is -3.54. The monoisotopic (exact) mass is 313 g/mol. The molecule has 2 rings (SSSR count). The molecular weight excluding hydrogens is 290 g/mol. The van der Waals surface area contributed by atoms with Gasteiger partial charge in [-0.05, 0) is 48.9 Å². The van der Waals surface area contributed by atoms with Crippen molar-refractivity contribution in [1.82, 2.24) is 4.72 Å². The second kappa shape index (κ2) is 6.77. The van der Waals surface area contributed by atoms with E-state index in [1.807, 2.05) is 0 Å². The highest BCUT2D eigenvalue weighted by Crippen LogP contribution is 2.36. The number of methoxy groups -OCH3 is 1. The maximum Gasteiger partial charge on any atom is 0.241 e. The van der Waals surface area contributed by atoms with Crippen molar-refractivity contribution in [2.75, 3.05) is 13.7 Å². The predicted octanol–water partition coefficient (Wildman–Crippen LogP) is 1.70. The second-order valence-corrected chi connectivity index (χ2v) is 7.14. The van der Waals surface area contributed by atoms with Gasteiger partial charge in [0.1, 0.15) is 5.75 Å². The molecular formula is C15H23NO4S. The van der Waals surface area contributed by atoms with Crippen LogP contribution < -0.4 is 9.46 Å². The molecule has 2 atom stereocenters. The summed E-state index contributed by atoms with van der Waals surface area (Å²) >= 11 is 0. The molecule has 0 spiro atoms. The first kappa shape index (κ1) is 16.3. The van der Waals surface area contributed by atoms with E-state index < -0.39 is 10.0 Å². The predicted molar refractivity (Wildman–Crippen MR) is 80.9 cm³/mol. The molecule has 1 saturated carbocycles. The Hall–Kier alpha value is -1.11. The number of rotatable bonds is 8. The van der Waals surface area contributed by atoms with E-state index in [9.17, 15) is 8.42 Å². The van der Waals surface area contributed by atoms with Gasteiger partial charge in [0.05, 0.1) is 12.0 Å². The van der Waals surface area contributed by atoms with Crippen LogP contribution in [0.3, 0.4) is 0 Å². The smallest absolute Gasteiger partial charge is 0.241 e. The van der Waals surface area contributed by atoms with Gasteiger partial charge in [0, 0.05) is 12.6 Å². The first-order valence-electron chi connectivity index (χ1n) is 7.32. The molecule has 1 aliphatic rings. The van der Waals surface area contributed by atoms with Gasteiger partial charge in [-0.1, -0.05) is 13.3 Å². The minimum absolute atomic E-state index is 0.0547. The highest BCUT2D eigenvalue weighted by Gasteiger charge is 2.39. The third kappa shape index (κ3) is 3.96. The molecule has 0 radical (unpaired) electrons. The Balaban J connectivity index is 2.19. The number of aliphatic hydroxyl groups is 1. The standard InChI is InChI=1S/C15H23NO4S/c1-3-4-11-10-14(11)16-21(18,19)15-6-5-13(20-2)9-12(15)7-8-17/h5-6,9,11,14,16-17H,3-4,7-8,10H2,1-2H3. The number of sulfonamides is 1. The van der Waals surface area contributed by atoms with E-state index in [2.05, 4.69) is 11.6 Å². The number of benzene rings is 1. The minimum Gasteiger partial charge on any atom is -0.497 e. The summed E-state index contributed by atoms with van der Waals surface area (Å²) in [6.07, 6.45) is 3.33. The zero-order valence-corrected chi connectivity index (χ0v) is 13.3. The maximum atomic E-state index is 12.5. The molecule has 0 aromatic heterocycles. The van der Waals surface area contributed by atoms with E-state index >= 15 is 0 Å². The van der Waals surface area contributed by atoms with Gasteiger partial charge in [-0.2, -0.15) is 0 Å². The van der Waals surface area contributed by atoms with Crippen LogP contribution in [-0.4, -0.2) is 33.3 Å². The quantitative estimate of drug-likeness (QED) is 0.766. The normalized spacial score (nSPS) is 21.3. The fourth-order valence-corrected chi connectivity index (χ4v) is 4.17. The molecule has 0 amide bonds. The highest BCUT2D eigenvalue weighted by molar-refractivity contribution is 7.89. The Kier molecular flexibility index (Phi) is 5.24. The molecule has 0 heterocycles. The van der Waals surface area contributed by atoms with E-state index in [-0.39, 0.29) is 24.0 Å². The Bertz CT molecular complexity index is 585. The SMILES string of the molecule is CCCC1CC1NS(=O)(=O)c1ccc(OC)cc1CCO. The second-order valence-electron chi connectivity index (χ2n) is 5.46. The van der Waals surface area contributed by atoms with Crippen LogP contribution in [0.25, 0.3) is 0 Å². The molecule has 1 aliphatic carbocycles. The van der Waals surface area contributed by atoms with Gasteiger partial charge in [-0.15, -0.1) is 0 Å². The van der Waals surface area contributed by atoms with Crippen molar-refractivity contribution in [1.29, 1.82) is 0 Å². The van der Waals surface area contributed by atoms with Crippen molar-refractivity contribution in [3.8, 4) is 5.75 Å². The summed E-state index contributed by atoms with van der Waals surface area (Å²) in [7, 11) is -2.01. The van der Waals surface area contributed by atoms with Crippen molar-refractivity contribution in [3.63, 3.8) is 0 Å². The fourth-order valence-electron chi connectivity index (χ4n) is 2.61. The lowest BCUT2D eigenvalue weighted by Crippen LogP contribution is -2.28. The lowest BCUT2D eigenvalue weighted by Gasteiger charge is -2.12. The zero-order valence-electron chi connectivity index (χ0n) is 12.5. The van der Waals surface area contributed by atoms with Gasteiger partial charge < -0.3 is 9.84 Å². The molecule has 6 heteroatoms. The summed E-state index contributed by atoms with van der Waals surface area (Å²) in [5, 5.41) is 9.12. The Labute approximate surface area is 126 Å². The van der Waals surface area contributed by atoms with Gasteiger partial charge in [-0.25, -0.2) is 13.1 Å². The summed E-state index contributed by atoms with van der Waals surface area (Å²) in [5.41, 5.74) is 0.581. The fraction of sp³-hybridized carbons (Fsp3) is 0.600. The van der Waals surface area contributed by atoms with Crippen LogP contribution in [0.5, 0.6) is 5.75 Å². The molecule has 2 N–H and O–H groups in total. The third-order valence-corrected chi connectivity index (χ3v) is 5.42. The Morgan fingerprint density at radius 3 is 2.81 bits per heavy atom. The van der Waals surface area contributed by atoms with Crippen molar-refractivity contribution in [3.05, 3.63) is 23.8 Å². The van der Waals surface area contributed by atoms with Gasteiger partial charge >= 0.3 is 0 Å². The van der Waals surface area contributed by atoms with E-state index in [1.54, 1.807) is 18.2 Å². The molecule has 118 valence electrons. The van der Waals surface area contributed by atoms with Crippen molar-refractivity contribution >= 4 is 10.0 Å². The average Bonchev–Trinajstić information content (AvgIpc) is 3.16. The van der Waals surface area contributed by atoms with E-state index in [1.165, 1.54) is 7.11 Å². The summed E-state index contributed by atoms with van der Waals surface area (Å²) < 4.78 is 32.9. The van der Waals surface area contributed by atoms with Crippen LogP contribution in [0.2, 0.25) is 0 Å². The van der Waals surface area contributed by atoms with E-state index in [4.69, 9.17) is 9.84 Å². The van der Waals surface area contributed by atoms with Crippen LogP contribution in [0.1, 0.15) is 31.7 Å². The van der Waals surface area contributed by atoms with E-state index in [0.717, 1.165) is 19.3 Å². The lowest BCUT2D eigenvalue weighted by molar-refractivity contribution is 0.298. The van der Waals surface area contributed by atoms with Crippen LogP contribution in [-0.2, 0) is 16.4 Å². The molecule has 5 nitrogen and oxygen atoms in total. The third-order valence-electron chi connectivity index (χ3n) is 3.83. The van der Waals surface area contributed by atoms with Crippen molar-refractivity contribution < 1.29 is 18.3 Å². The molecule has 2 unspecified atom stereocenters. The van der Waals surface area contributed by atoms with Crippen molar-refractivity contribution in [2.45, 2.75) is 43.5 Å². The van der Waals surface area contributed by atoms with Crippen molar-refractivity contribution in [2.24, 2.45) is 5.92 Å². The molecule has 1 aromatic carbocycles. The summed E-state index contributed by atoms with van der Waals surface area (Å²) in [6, 6.07) is 4.90. The molecule has 1 aromatic rings. The van der Waals surface area contributed by atoms with Gasteiger partial charge in [0.2, 0.25) is 10.0 Å². The molecule has 0 bridgehead atoms. The largest absolute Gasteiger partial charge is 0.497 e. The van der Waals surface area contributed by atoms with E-state index in [0.29, 0.717) is 17.2 Å². The highest BCUT2D eigenvalue weighted by atomic mass is 32.2.